The molecule has 0 saturated carbocycles. The SMILES string of the molecule is COc1ccccc1C(Cn1c(=O)n(C(C)(C)C(=O)O)c(=O)c2c(C)c(-c3ncco3)sc21)OC1CN2CCC1CC2. The van der Waals surface area contributed by atoms with Crippen molar-refractivity contribution in [3.63, 3.8) is 0 Å². The third kappa shape index (κ3) is 4.67. The van der Waals surface area contributed by atoms with Gasteiger partial charge in [-0.3, -0.25) is 9.36 Å². The summed E-state index contributed by atoms with van der Waals surface area (Å²) in [6.07, 6.45) is 4.40. The molecule has 6 heterocycles. The van der Waals surface area contributed by atoms with Crippen LogP contribution in [0.4, 0.5) is 0 Å². The number of carboxylic acids is 1. The zero-order valence-electron chi connectivity index (χ0n) is 24.0. The van der Waals surface area contributed by atoms with E-state index < -0.39 is 28.9 Å². The molecule has 0 aliphatic carbocycles. The number of aryl methyl sites for hydroxylation is 1. The van der Waals surface area contributed by atoms with E-state index in [1.54, 1.807) is 14.0 Å². The molecule has 7 rings (SSSR count). The minimum atomic E-state index is -1.81. The number of carboxylic acid groups (broad SMARTS) is 1. The highest BCUT2D eigenvalue weighted by Crippen LogP contribution is 2.39. The van der Waals surface area contributed by atoms with Gasteiger partial charge in [-0.25, -0.2) is 19.1 Å². The molecule has 222 valence electrons. The Balaban J connectivity index is 1.56. The summed E-state index contributed by atoms with van der Waals surface area (Å²) in [5.41, 5.74) is -1.86. The average molecular weight is 595 g/mol. The van der Waals surface area contributed by atoms with Crippen molar-refractivity contribution >= 4 is 27.5 Å². The van der Waals surface area contributed by atoms with E-state index in [1.807, 2.05) is 24.3 Å². The topological polar surface area (TPSA) is 129 Å². The summed E-state index contributed by atoms with van der Waals surface area (Å²) in [6.45, 7) is 7.42. The maximum Gasteiger partial charge on any atom is 0.333 e. The lowest BCUT2D eigenvalue weighted by Crippen LogP contribution is -2.53. The van der Waals surface area contributed by atoms with E-state index in [2.05, 4.69) is 9.88 Å². The van der Waals surface area contributed by atoms with Crippen molar-refractivity contribution in [2.45, 2.75) is 57.9 Å². The third-order valence-electron chi connectivity index (χ3n) is 8.69. The number of thiophene rings is 1. The number of fused-ring (bicyclic) bond motifs is 4. The van der Waals surface area contributed by atoms with Gasteiger partial charge in [0, 0.05) is 12.1 Å². The van der Waals surface area contributed by atoms with Crippen molar-refractivity contribution in [1.82, 2.24) is 19.0 Å². The van der Waals surface area contributed by atoms with Crippen molar-refractivity contribution in [1.29, 1.82) is 0 Å². The Bertz CT molecular complexity index is 1750. The third-order valence-corrected chi connectivity index (χ3v) is 9.99. The van der Waals surface area contributed by atoms with Gasteiger partial charge in [0.05, 0.1) is 36.2 Å². The Morgan fingerprint density at radius 3 is 2.60 bits per heavy atom. The van der Waals surface area contributed by atoms with E-state index in [-0.39, 0.29) is 18.0 Å². The number of carbonyl (C=O) groups is 1. The van der Waals surface area contributed by atoms with Gasteiger partial charge >= 0.3 is 11.7 Å². The van der Waals surface area contributed by atoms with Crippen LogP contribution in [-0.2, 0) is 21.6 Å². The lowest BCUT2D eigenvalue weighted by atomic mass is 9.85. The standard InChI is InChI=1S/C30H34N4O7S/c1-17-23-26(35)34(30(2,3)28(36)37)29(38)33(27(23)42-24(17)25-31-11-14-40-25)16-22(19-7-5-6-8-20(19)39-4)41-21-15-32-12-9-18(21)10-13-32/h5-8,11,14,18,21-22H,9-10,12-13,15-16H2,1-4H3,(H,36,37). The number of ether oxygens (including phenoxy) is 2. The van der Waals surface area contributed by atoms with Crippen molar-refractivity contribution in [3.05, 3.63) is 68.7 Å². The second-order valence-electron chi connectivity index (χ2n) is 11.5. The van der Waals surface area contributed by atoms with Crippen LogP contribution < -0.4 is 16.0 Å². The smallest absolute Gasteiger partial charge is 0.333 e. The molecule has 12 heteroatoms. The fourth-order valence-corrected chi connectivity index (χ4v) is 7.47. The molecular formula is C30H34N4O7S. The second kappa shape index (κ2) is 10.8. The number of benzene rings is 1. The summed E-state index contributed by atoms with van der Waals surface area (Å²) in [5, 5.41) is 10.3. The summed E-state index contributed by atoms with van der Waals surface area (Å²) in [5.74, 6) is 0.0544. The van der Waals surface area contributed by atoms with Crippen molar-refractivity contribution < 1.29 is 23.8 Å². The van der Waals surface area contributed by atoms with Gasteiger partial charge in [-0.05, 0) is 64.3 Å². The van der Waals surface area contributed by atoms with Gasteiger partial charge in [-0.2, -0.15) is 0 Å². The predicted octanol–water partition coefficient (Wildman–Crippen LogP) is 3.87. The van der Waals surface area contributed by atoms with Crippen molar-refractivity contribution in [2.75, 3.05) is 26.7 Å². The molecule has 2 bridgehead atoms. The van der Waals surface area contributed by atoms with Crippen molar-refractivity contribution in [2.24, 2.45) is 5.92 Å². The Hall–Kier alpha value is -3.74. The zero-order valence-corrected chi connectivity index (χ0v) is 24.8. The molecule has 42 heavy (non-hydrogen) atoms. The van der Waals surface area contributed by atoms with Gasteiger partial charge in [0.1, 0.15) is 28.5 Å². The number of nitrogens with zero attached hydrogens (tertiary/aromatic N) is 4. The average Bonchev–Trinajstić information content (AvgIpc) is 3.63. The number of hydrogen-bond acceptors (Lipinski definition) is 9. The Labute approximate surface area is 245 Å². The van der Waals surface area contributed by atoms with Gasteiger partial charge in [-0.15, -0.1) is 11.3 Å². The maximum absolute atomic E-state index is 14.2. The molecule has 11 nitrogen and oxygen atoms in total. The number of para-hydroxylation sites is 1. The first-order chi connectivity index (χ1) is 20.1. The molecule has 0 spiro atoms. The summed E-state index contributed by atoms with van der Waals surface area (Å²) in [4.78, 5) is 48.1. The Morgan fingerprint density at radius 2 is 1.98 bits per heavy atom. The number of rotatable bonds is 9. The monoisotopic (exact) mass is 594 g/mol. The molecule has 3 aliphatic rings. The van der Waals surface area contributed by atoms with E-state index in [1.165, 1.54) is 42.2 Å². The largest absolute Gasteiger partial charge is 0.496 e. The molecule has 2 atom stereocenters. The van der Waals surface area contributed by atoms with Gasteiger partial charge in [-0.1, -0.05) is 18.2 Å². The van der Waals surface area contributed by atoms with Crippen LogP contribution >= 0.6 is 11.3 Å². The van der Waals surface area contributed by atoms with Gasteiger partial charge in [0.25, 0.3) is 5.56 Å². The number of aliphatic carboxylic acids is 1. The fraction of sp³-hybridized carbons (Fsp3) is 0.467. The highest BCUT2D eigenvalue weighted by Gasteiger charge is 2.39. The number of aromatic nitrogens is 3. The lowest BCUT2D eigenvalue weighted by Gasteiger charge is -2.45. The van der Waals surface area contributed by atoms with Crippen LogP contribution in [0.3, 0.4) is 0 Å². The molecule has 1 aromatic carbocycles. The number of oxazole rings is 1. The summed E-state index contributed by atoms with van der Waals surface area (Å²) >= 11 is 1.22. The van der Waals surface area contributed by atoms with E-state index in [4.69, 9.17) is 13.9 Å². The van der Waals surface area contributed by atoms with Crippen LogP contribution in [0.15, 0.2) is 50.7 Å². The minimum Gasteiger partial charge on any atom is -0.496 e. The highest BCUT2D eigenvalue weighted by molar-refractivity contribution is 7.22. The first-order valence-electron chi connectivity index (χ1n) is 14.0. The molecular weight excluding hydrogens is 560 g/mol. The van der Waals surface area contributed by atoms with E-state index >= 15 is 0 Å². The molecule has 0 amide bonds. The zero-order chi connectivity index (χ0) is 29.8. The molecule has 3 aliphatic heterocycles. The van der Waals surface area contributed by atoms with Crippen LogP contribution in [-0.4, -0.2) is 62.9 Å². The van der Waals surface area contributed by atoms with Gasteiger partial charge in [0.15, 0.2) is 0 Å². The van der Waals surface area contributed by atoms with E-state index in [0.717, 1.165) is 42.6 Å². The lowest BCUT2D eigenvalue weighted by molar-refractivity contribution is -0.146. The summed E-state index contributed by atoms with van der Waals surface area (Å²) < 4.78 is 20.4. The van der Waals surface area contributed by atoms with Gasteiger partial charge in [0.2, 0.25) is 5.89 Å². The predicted molar refractivity (Wildman–Crippen MR) is 157 cm³/mol. The Morgan fingerprint density at radius 1 is 1.24 bits per heavy atom. The molecule has 3 aromatic heterocycles. The van der Waals surface area contributed by atoms with Crippen LogP contribution in [0.2, 0.25) is 0 Å². The Kier molecular flexibility index (Phi) is 7.32. The fourth-order valence-electron chi connectivity index (χ4n) is 6.22. The summed E-state index contributed by atoms with van der Waals surface area (Å²) in [6, 6.07) is 7.54. The number of piperidine rings is 3. The molecule has 3 saturated heterocycles. The first kappa shape index (κ1) is 28.4. The second-order valence-corrected chi connectivity index (χ2v) is 12.5. The molecule has 1 N–H and O–H groups in total. The van der Waals surface area contributed by atoms with E-state index in [9.17, 15) is 19.5 Å². The normalized spacial score (nSPS) is 21.1. The molecule has 3 fully saturated rings. The maximum atomic E-state index is 14.2. The first-order valence-corrected chi connectivity index (χ1v) is 14.9. The van der Waals surface area contributed by atoms with Crippen LogP contribution in [0.5, 0.6) is 5.75 Å². The number of methoxy groups -OCH3 is 1. The van der Waals surface area contributed by atoms with Crippen molar-refractivity contribution in [3.8, 4) is 16.5 Å². The summed E-state index contributed by atoms with van der Waals surface area (Å²) in [7, 11) is 1.59. The van der Waals surface area contributed by atoms with Crippen LogP contribution in [0.1, 0.15) is 43.9 Å². The molecule has 2 unspecified atom stereocenters. The number of hydrogen-bond donors (Lipinski definition) is 1. The van der Waals surface area contributed by atoms with Crippen LogP contribution in [0.25, 0.3) is 21.0 Å². The quantitative estimate of drug-likeness (QED) is 0.307. The van der Waals surface area contributed by atoms with Gasteiger partial charge < -0.3 is 23.9 Å². The van der Waals surface area contributed by atoms with E-state index in [0.29, 0.717) is 32.8 Å². The highest BCUT2D eigenvalue weighted by atomic mass is 32.1. The van der Waals surface area contributed by atoms with Crippen LogP contribution in [0, 0.1) is 12.8 Å². The minimum absolute atomic E-state index is 0.0390. The molecule has 0 radical (unpaired) electrons. The molecule has 4 aromatic rings.